The van der Waals surface area contributed by atoms with Gasteiger partial charge in [0.1, 0.15) is 6.42 Å². The summed E-state index contributed by atoms with van der Waals surface area (Å²) in [5.41, 5.74) is 3.25. The van der Waals surface area contributed by atoms with Gasteiger partial charge < -0.3 is 10.6 Å². The van der Waals surface area contributed by atoms with Gasteiger partial charge in [-0.2, -0.15) is 0 Å². The van der Waals surface area contributed by atoms with Gasteiger partial charge in [0, 0.05) is 18.1 Å². The predicted molar refractivity (Wildman–Crippen MR) is 95.8 cm³/mol. The molecule has 0 aliphatic rings. The molecule has 24 heavy (non-hydrogen) atoms. The Hall–Kier alpha value is -2.33. The summed E-state index contributed by atoms with van der Waals surface area (Å²) in [6.07, 6.45) is 0.542. The number of benzene rings is 2. The van der Waals surface area contributed by atoms with Crippen molar-refractivity contribution in [2.24, 2.45) is 0 Å². The van der Waals surface area contributed by atoms with Gasteiger partial charge in [0.15, 0.2) is 0 Å². The van der Waals surface area contributed by atoms with Crippen molar-refractivity contribution >= 4 is 23.4 Å². The minimum Gasteiger partial charge on any atom is -0.355 e. The molecule has 0 fully saturated rings. The molecule has 2 aromatic carbocycles. The zero-order valence-electron chi connectivity index (χ0n) is 13.6. The molecule has 0 heterocycles. The van der Waals surface area contributed by atoms with E-state index in [1.807, 2.05) is 55.5 Å². The van der Waals surface area contributed by atoms with Crippen molar-refractivity contribution in [1.82, 2.24) is 10.6 Å². The summed E-state index contributed by atoms with van der Waals surface area (Å²) in [6.45, 7) is 2.92. The second-order valence-corrected chi connectivity index (χ2v) is 6.11. The molecular formula is C19H21ClN2O2. The van der Waals surface area contributed by atoms with Crippen LogP contribution in [0, 0.1) is 6.92 Å². The highest BCUT2D eigenvalue weighted by Crippen LogP contribution is 2.09. The van der Waals surface area contributed by atoms with Crippen molar-refractivity contribution in [2.75, 3.05) is 6.54 Å². The van der Waals surface area contributed by atoms with E-state index >= 15 is 0 Å². The van der Waals surface area contributed by atoms with Crippen LogP contribution in [-0.2, 0) is 22.6 Å². The number of hydrogen-bond acceptors (Lipinski definition) is 2. The van der Waals surface area contributed by atoms with E-state index in [1.54, 1.807) is 0 Å². The maximum absolute atomic E-state index is 11.8. The molecule has 0 spiro atoms. The Balaban J connectivity index is 1.66. The third-order valence-electron chi connectivity index (χ3n) is 3.54. The minimum absolute atomic E-state index is 0.160. The first-order valence-corrected chi connectivity index (χ1v) is 8.24. The SMILES string of the molecule is Cc1cccc(CNC(=O)CC(=O)NCCc2ccc(Cl)cc2)c1. The molecule has 2 rings (SSSR count). The summed E-state index contributed by atoms with van der Waals surface area (Å²) >= 11 is 5.82. The van der Waals surface area contributed by atoms with Crippen molar-refractivity contribution in [3.05, 3.63) is 70.2 Å². The van der Waals surface area contributed by atoms with Gasteiger partial charge in [0.05, 0.1) is 0 Å². The molecular weight excluding hydrogens is 324 g/mol. The first-order valence-electron chi connectivity index (χ1n) is 7.86. The Bertz CT molecular complexity index is 699. The van der Waals surface area contributed by atoms with Crippen LogP contribution in [0.15, 0.2) is 48.5 Å². The third kappa shape index (κ3) is 6.42. The van der Waals surface area contributed by atoms with Crippen LogP contribution in [0.2, 0.25) is 5.02 Å². The Labute approximate surface area is 147 Å². The highest BCUT2D eigenvalue weighted by atomic mass is 35.5. The largest absolute Gasteiger partial charge is 0.355 e. The number of aryl methyl sites for hydroxylation is 1. The molecule has 5 heteroatoms. The van der Waals surface area contributed by atoms with E-state index in [4.69, 9.17) is 11.6 Å². The van der Waals surface area contributed by atoms with E-state index in [1.165, 1.54) is 0 Å². The van der Waals surface area contributed by atoms with Crippen molar-refractivity contribution in [1.29, 1.82) is 0 Å². The number of amides is 2. The summed E-state index contributed by atoms with van der Waals surface area (Å²) in [5.74, 6) is -0.550. The summed E-state index contributed by atoms with van der Waals surface area (Å²) in [4.78, 5) is 23.6. The van der Waals surface area contributed by atoms with Crippen LogP contribution >= 0.6 is 11.6 Å². The summed E-state index contributed by atoms with van der Waals surface area (Å²) in [6, 6.07) is 15.4. The summed E-state index contributed by atoms with van der Waals surface area (Å²) in [5, 5.41) is 6.20. The molecule has 0 atom stereocenters. The highest BCUT2D eigenvalue weighted by Gasteiger charge is 2.08. The van der Waals surface area contributed by atoms with Crippen LogP contribution in [0.3, 0.4) is 0 Å². The topological polar surface area (TPSA) is 58.2 Å². The number of carbonyl (C=O) groups excluding carboxylic acids is 2. The van der Waals surface area contributed by atoms with E-state index < -0.39 is 0 Å². The molecule has 0 aromatic heterocycles. The van der Waals surface area contributed by atoms with Crippen LogP contribution in [-0.4, -0.2) is 18.4 Å². The molecule has 0 unspecified atom stereocenters. The Morgan fingerprint density at radius 2 is 1.67 bits per heavy atom. The van der Waals surface area contributed by atoms with Crippen molar-refractivity contribution < 1.29 is 9.59 Å². The lowest BCUT2D eigenvalue weighted by Gasteiger charge is -2.07. The maximum Gasteiger partial charge on any atom is 0.229 e. The van der Waals surface area contributed by atoms with Crippen molar-refractivity contribution in [2.45, 2.75) is 26.3 Å². The second kappa shape index (κ2) is 9.08. The molecule has 0 aliphatic carbocycles. The van der Waals surface area contributed by atoms with Crippen LogP contribution in [0.4, 0.5) is 0 Å². The van der Waals surface area contributed by atoms with Gasteiger partial charge in [-0.25, -0.2) is 0 Å². The maximum atomic E-state index is 11.8. The number of rotatable bonds is 7. The van der Waals surface area contributed by atoms with Gasteiger partial charge in [0.2, 0.25) is 11.8 Å². The molecule has 126 valence electrons. The zero-order chi connectivity index (χ0) is 17.4. The molecule has 0 radical (unpaired) electrons. The second-order valence-electron chi connectivity index (χ2n) is 5.67. The lowest BCUT2D eigenvalue weighted by Crippen LogP contribution is -2.32. The minimum atomic E-state index is -0.277. The van der Waals surface area contributed by atoms with Gasteiger partial charge in [-0.3, -0.25) is 9.59 Å². The van der Waals surface area contributed by atoms with Gasteiger partial charge in [0.25, 0.3) is 0 Å². The first kappa shape index (κ1) is 18.0. The molecule has 0 aliphatic heterocycles. The standard InChI is InChI=1S/C19H21ClN2O2/c1-14-3-2-4-16(11-14)13-22-19(24)12-18(23)21-10-9-15-5-7-17(20)8-6-15/h2-8,11H,9-10,12-13H2,1H3,(H,21,23)(H,22,24). The molecule has 0 bridgehead atoms. The quantitative estimate of drug-likeness (QED) is 0.758. The highest BCUT2D eigenvalue weighted by molar-refractivity contribution is 6.30. The lowest BCUT2D eigenvalue weighted by atomic mass is 10.1. The molecule has 0 saturated heterocycles. The smallest absolute Gasteiger partial charge is 0.229 e. The number of halogens is 1. The van der Waals surface area contributed by atoms with Gasteiger partial charge in [-0.05, 0) is 36.6 Å². The van der Waals surface area contributed by atoms with Crippen molar-refractivity contribution in [3.63, 3.8) is 0 Å². The molecule has 2 aromatic rings. The van der Waals surface area contributed by atoms with E-state index in [-0.39, 0.29) is 18.2 Å². The van der Waals surface area contributed by atoms with E-state index in [0.717, 1.165) is 16.7 Å². The fourth-order valence-corrected chi connectivity index (χ4v) is 2.42. The number of nitrogens with one attached hydrogen (secondary N) is 2. The van der Waals surface area contributed by atoms with E-state index in [2.05, 4.69) is 10.6 Å². The number of hydrogen-bond donors (Lipinski definition) is 2. The molecule has 2 N–H and O–H groups in total. The van der Waals surface area contributed by atoms with Crippen LogP contribution < -0.4 is 10.6 Å². The predicted octanol–water partition coefficient (Wildman–Crippen LogP) is 3.01. The van der Waals surface area contributed by atoms with Gasteiger partial charge in [-0.15, -0.1) is 0 Å². The fourth-order valence-electron chi connectivity index (χ4n) is 2.29. The average molecular weight is 345 g/mol. The Morgan fingerprint density at radius 3 is 2.38 bits per heavy atom. The lowest BCUT2D eigenvalue weighted by molar-refractivity contribution is -0.129. The Morgan fingerprint density at radius 1 is 0.958 bits per heavy atom. The zero-order valence-corrected chi connectivity index (χ0v) is 14.4. The van der Waals surface area contributed by atoms with E-state index in [0.29, 0.717) is 24.5 Å². The summed E-state index contributed by atoms with van der Waals surface area (Å²) in [7, 11) is 0. The third-order valence-corrected chi connectivity index (χ3v) is 3.79. The number of carbonyl (C=O) groups is 2. The van der Waals surface area contributed by atoms with Crippen molar-refractivity contribution in [3.8, 4) is 0 Å². The van der Waals surface area contributed by atoms with Crippen LogP contribution in [0.1, 0.15) is 23.1 Å². The Kier molecular flexibility index (Phi) is 6.82. The van der Waals surface area contributed by atoms with E-state index in [9.17, 15) is 9.59 Å². The first-order chi connectivity index (χ1) is 11.5. The molecule has 4 nitrogen and oxygen atoms in total. The molecule has 2 amide bonds. The van der Waals surface area contributed by atoms with Gasteiger partial charge >= 0.3 is 0 Å². The fraction of sp³-hybridized carbons (Fsp3) is 0.263. The van der Waals surface area contributed by atoms with Crippen LogP contribution in [0.5, 0.6) is 0 Å². The average Bonchev–Trinajstić information content (AvgIpc) is 2.55. The monoisotopic (exact) mass is 344 g/mol. The molecule has 0 saturated carbocycles. The normalized spacial score (nSPS) is 10.2. The van der Waals surface area contributed by atoms with Gasteiger partial charge in [-0.1, -0.05) is 53.6 Å². The summed E-state index contributed by atoms with van der Waals surface area (Å²) < 4.78 is 0. The van der Waals surface area contributed by atoms with Crippen LogP contribution in [0.25, 0.3) is 0 Å².